The number of rotatable bonds is 27. The maximum atomic E-state index is 12.9. The lowest BCUT2D eigenvalue weighted by Crippen LogP contribution is -2.51. The second kappa shape index (κ2) is 26.2. The zero-order valence-corrected chi connectivity index (χ0v) is 45.4. The fraction of sp³-hybridized carbons (Fsp3) is 0.651. The van der Waals surface area contributed by atoms with E-state index >= 15 is 0 Å². The van der Waals surface area contributed by atoms with Gasteiger partial charge >= 0.3 is 6.09 Å². The third kappa shape index (κ3) is 13.5. The molecule has 9 nitrogen and oxygen atoms in total. The van der Waals surface area contributed by atoms with Crippen LogP contribution in [-0.4, -0.2) is 63.2 Å². The Morgan fingerprint density at radius 1 is 0.694 bits per heavy atom. The van der Waals surface area contributed by atoms with E-state index in [1.165, 1.54) is 51.4 Å². The number of allylic oxidation sites excluding steroid dienone is 1. The van der Waals surface area contributed by atoms with Crippen molar-refractivity contribution < 1.29 is 33.6 Å². The summed E-state index contributed by atoms with van der Waals surface area (Å²) >= 11 is 0. The van der Waals surface area contributed by atoms with Gasteiger partial charge < -0.3 is 34.7 Å². The van der Waals surface area contributed by atoms with Crippen LogP contribution in [0.5, 0.6) is 11.5 Å². The summed E-state index contributed by atoms with van der Waals surface area (Å²) in [4.78, 5) is 25.5. The van der Waals surface area contributed by atoms with Gasteiger partial charge in [0.2, 0.25) is 5.91 Å². The molecule has 9 atom stereocenters. The first kappa shape index (κ1) is 55.4. The number of ether oxygens (including phenoxy) is 4. The molecule has 7 rings (SSSR count). The summed E-state index contributed by atoms with van der Waals surface area (Å²) in [6.07, 6.45) is 22.4. The maximum absolute atomic E-state index is 12.9. The van der Waals surface area contributed by atoms with Crippen molar-refractivity contribution >= 4 is 12.0 Å². The van der Waals surface area contributed by atoms with Crippen molar-refractivity contribution in [3.8, 4) is 11.5 Å². The number of fused-ring (bicyclic) bond motifs is 5. The Kier molecular flexibility index (Phi) is 20.2. The minimum Gasteiger partial charge on any atom is -0.497 e. The smallest absolute Gasteiger partial charge is 0.407 e. The highest BCUT2D eigenvalue weighted by atomic mass is 16.6. The molecule has 3 N–H and O–H groups in total. The Balaban J connectivity index is 0.743. The summed E-state index contributed by atoms with van der Waals surface area (Å²) in [5, 5.41) is 17.1. The molecule has 72 heavy (non-hydrogen) atoms. The van der Waals surface area contributed by atoms with Gasteiger partial charge in [0.15, 0.2) is 0 Å². The van der Waals surface area contributed by atoms with Crippen LogP contribution in [0.4, 0.5) is 4.79 Å². The van der Waals surface area contributed by atoms with Crippen molar-refractivity contribution in [3.63, 3.8) is 0 Å². The van der Waals surface area contributed by atoms with Gasteiger partial charge in [0.25, 0.3) is 0 Å². The van der Waals surface area contributed by atoms with Gasteiger partial charge in [-0.25, -0.2) is 4.79 Å². The largest absolute Gasteiger partial charge is 0.497 e. The zero-order valence-electron chi connectivity index (χ0n) is 45.4. The lowest BCUT2D eigenvalue weighted by molar-refractivity contribution is -0.121. The van der Waals surface area contributed by atoms with Gasteiger partial charge in [0, 0.05) is 25.9 Å². The van der Waals surface area contributed by atoms with Crippen LogP contribution >= 0.6 is 0 Å². The summed E-state index contributed by atoms with van der Waals surface area (Å²) < 4.78 is 23.9. The fourth-order valence-electron chi connectivity index (χ4n) is 14.3. The number of nitrogens with one attached hydrogen (secondary N) is 2. The van der Waals surface area contributed by atoms with E-state index in [0.29, 0.717) is 44.4 Å². The number of aliphatic hydroxyl groups is 1. The predicted molar refractivity (Wildman–Crippen MR) is 290 cm³/mol. The highest BCUT2D eigenvalue weighted by Gasteiger charge is 2.59. The van der Waals surface area contributed by atoms with Crippen LogP contribution in [0.3, 0.4) is 0 Å². The molecule has 0 aromatic heterocycles. The van der Waals surface area contributed by atoms with Crippen molar-refractivity contribution in [3.05, 3.63) is 107 Å². The molecule has 3 fully saturated rings. The van der Waals surface area contributed by atoms with Crippen molar-refractivity contribution in [1.82, 2.24) is 10.6 Å². The molecule has 396 valence electrons. The summed E-state index contributed by atoms with van der Waals surface area (Å²) in [5.74, 6) is 6.54. The summed E-state index contributed by atoms with van der Waals surface area (Å²) in [6, 6.07) is 26.2. The van der Waals surface area contributed by atoms with E-state index in [1.807, 2.05) is 66.7 Å². The van der Waals surface area contributed by atoms with E-state index in [0.717, 1.165) is 121 Å². The van der Waals surface area contributed by atoms with E-state index in [9.17, 15) is 14.7 Å². The topological polar surface area (TPSA) is 115 Å². The number of amides is 2. The van der Waals surface area contributed by atoms with Crippen molar-refractivity contribution in [2.45, 2.75) is 181 Å². The SMILES string of the molecule is COc1ccc(C(OCCC(O)CCCCCNC(=O)CCCCCNC(=O)O[C@@H]2CC[C@]3(C)C(=CCC4C5CCC(C(C)CCCC(C)C)[C@]5(C)CCC43)C2)(c2ccccc2)c2ccc(OC)cc2)cc1. The molecular formula is C63H92N2O7. The summed E-state index contributed by atoms with van der Waals surface area (Å²) in [6.45, 7) is 14.1. The molecule has 3 saturated carbocycles. The quantitative estimate of drug-likeness (QED) is 0.0396. The number of benzene rings is 3. The summed E-state index contributed by atoms with van der Waals surface area (Å²) in [7, 11) is 3.32. The molecule has 0 saturated heterocycles. The van der Waals surface area contributed by atoms with Gasteiger partial charge in [0.05, 0.1) is 26.9 Å². The van der Waals surface area contributed by atoms with E-state index in [4.69, 9.17) is 18.9 Å². The van der Waals surface area contributed by atoms with Crippen molar-refractivity contribution in [1.29, 1.82) is 0 Å². The fourth-order valence-corrected chi connectivity index (χ4v) is 14.3. The monoisotopic (exact) mass is 989 g/mol. The number of unbranched alkanes of at least 4 members (excludes halogenated alkanes) is 4. The average molecular weight is 989 g/mol. The molecule has 2 amide bonds. The Hall–Kier alpha value is -4.34. The van der Waals surface area contributed by atoms with Crippen molar-refractivity contribution in [2.75, 3.05) is 33.9 Å². The normalized spacial score (nSPS) is 25.6. The molecule has 0 heterocycles. The van der Waals surface area contributed by atoms with Gasteiger partial charge in [-0.3, -0.25) is 4.79 Å². The molecule has 3 aromatic carbocycles. The lowest BCUT2D eigenvalue weighted by atomic mass is 9.47. The average Bonchev–Trinajstić information content (AvgIpc) is 3.75. The summed E-state index contributed by atoms with van der Waals surface area (Å²) in [5.41, 5.74) is 4.29. The highest BCUT2D eigenvalue weighted by molar-refractivity contribution is 5.75. The van der Waals surface area contributed by atoms with Crippen molar-refractivity contribution in [2.24, 2.45) is 46.3 Å². The minimum atomic E-state index is -0.914. The third-order valence-corrected chi connectivity index (χ3v) is 18.4. The Labute approximate surface area is 434 Å². The van der Waals surface area contributed by atoms with Crippen LogP contribution in [0, 0.1) is 46.3 Å². The van der Waals surface area contributed by atoms with Gasteiger partial charge in [0.1, 0.15) is 23.2 Å². The Morgan fingerprint density at radius 3 is 2.01 bits per heavy atom. The first-order valence-electron chi connectivity index (χ1n) is 28.4. The number of alkyl carbamates (subject to hydrolysis) is 1. The molecule has 0 spiro atoms. The number of aliphatic hydroxyl groups excluding tert-OH is 1. The van der Waals surface area contributed by atoms with E-state index in [2.05, 4.69) is 63.5 Å². The maximum Gasteiger partial charge on any atom is 0.407 e. The molecule has 0 bridgehead atoms. The van der Waals surface area contributed by atoms with E-state index in [1.54, 1.807) is 19.8 Å². The van der Waals surface area contributed by atoms with Gasteiger partial charge in [-0.1, -0.05) is 139 Å². The number of carbonyl (C=O) groups is 2. The molecule has 9 heteroatoms. The van der Waals surface area contributed by atoms with Crippen LogP contribution in [0.2, 0.25) is 0 Å². The van der Waals surface area contributed by atoms with Gasteiger partial charge in [-0.2, -0.15) is 0 Å². The minimum absolute atomic E-state index is 0.0468. The Bertz CT molecular complexity index is 2110. The highest BCUT2D eigenvalue weighted by Crippen LogP contribution is 2.67. The number of hydrogen-bond acceptors (Lipinski definition) is 7. The molecular weight excluding hydrogens is 897 g/mol. The lowest BCUT2D eigenvalue weighted by Gasteiger charge is -2.58. The molecule has 3 aromatic rings. The molecule has 0 aliphatic heterocycles. The first-order chi connectivity index (χ1) is 34.8. The molecule has 4 aliphatic rings. The third-order valence-electron chi connectivity index (χ3n) is 18.4. The second-order valence-corrected chi connectivity index (χ2v) is 23.3. The van der Waals surface area contributed by atoms with Crippen LogP contribution in [0.25, 0.3) is 0 Å². The second-order valence-electron chi connectivity index (χ2n) is 23.3. The molecule has 4 aliphatic carbocycles. The van der Waals surface area contributed by atoms with Crippen LogP contribution < -0.4 is 20.1 Å². The number of hydrogen-bond donors (Lipinski definition) is 3. The van der Waals surface area contributed by atoms with Gasteiger partial charge in [-0.15, -0.1) is 0 Å². The van der Waals surface area contributed by atoms with Crippen LogP contribution in [-0.2, 0) is 19.9 Å². The standard InChI is InChI=1S/C63H92N2O7/c1-45(2)18-17-19-46(3)56-34-35-57-55-33-28-50-44-54(36-39-61(50,4)58(55)37-40-62(56,57)5)72-60(68)65-42-16-10-14-23-59(67)64-41-15-9-13-22-51(66)38-43-71-63(47-20-11-8-12-21-47,48-24-29-52(69-6)30-25-48)49-26-31-53(70-7)32-27-49/h8,11-12,20-21,24-32,45-46,51,54-58,66H,9-10,13-19,22-23,33-44H2,1-7H3,(H,64,67)(H,65,68)/t46?,51?,54-,55?,56?,57?,58?,61-,62+/m1/s1. The van der Waals surface area contributed by atoms with E-state index < -0.39 is 11.7 Å². The Morgan fingerprint density at radius 2 is 1.35 bits per heavy atom. The number of carbonyl (C=O) groups excluding carboxylic acids is 2. The zero-order chi connectivity index (χ0) is 51.1. The first-order valence-corrected chi connectivity index (χ1v) is 28.4. The molecule has 0 radical (unpaired) electrons. The van der Waals surface area contributed by atoms with E-state index in [-0.39, 0.29) is 23.5 Å². The van der Waals surface area contributed by atoms with Crippen LogP contribution in [0.1, 0.15) is 180 Å². The number of methoxy groups -OCH3 is 2. The van der Waals surface area contributed by atoms with Gasteiger partial charge in [-0.05, 0) is 164 Å². The van der Waals surface area contributed by atoms with Crippen LogP contribution in [0.15, 0.2) is 90.5 Å². The predicted octanol–water partition coefficient (Wildman–Crippen LogP) is 14.1. The molecule has 6 unspecified atom stereocenters.